The number of halogens is 12. The van der Waals surface area contributed by atoms with Gasteiger partial charge in [0.2, 0.25) is 0 Å². The number of aromatic amines is 4. The van der Waals surface area contributed by atoms with Gasteiger partial charge in [-0.3, -0.25) is 29.1 Å². The molecule has 0 radical (unpaired) electrons. The molecule has 4 N–H and O–H groups in total. The Morgan fingerprint density at radius 1 is 0.306 bits per heavy atom. The highest BCUT2D eigenvalue weighted by molar-refractivity contribution is 6.00. The van der Waals surface area contributed by atoms with Crippen LogP contribution in [0.3, 0.4) is 0 Å². The van der Waals surface area contributed by atoms with E-state index in [9.17, 15) is 71.9 Å². The van der Waals surface area contributed by atoms with Gasteiger partial charge in [0.15, 0.2) is 0 Å². The first-order valence-corrected chi connectivity index (χ1v) is 40.6. The molecule has 14 heterocycles. The number of benzene rings is 4. The molecule has 30 heteroatoms. The van der Waals surface area contributed by atoms with E-state index in [1.165, 1.54) is 43.5 Å². The Bertz CT molecular complexity index is 5680. The quantitative estimate of drug-likeness (QED) is 0.0960. The van der Waals surface area contributed by atoms with Crippen LogP contribution in [0.1, 0.15) is 192 Å². The number of hydrogen-bond donors (Lipinski definition) is 4. The van der Waals surface area contributed by atoms with Crippen molar-refractivity contribution in [1.29, 1.82) is 0 Å². The van der Waals surface area contributed by atoms with Gasteiger partial charge in [-0.05, 0) is 240 Å². The summed E-state index contributed by atoms with van der Waals surface area (Å²) >= 11 is 0. The second-order valence-corrected chi connectivity index (χ2v) is 31.5. The number of likely N-dealkylation sites (tertiary alicyclic amines) is 4. The molecule has 0 unspecified atom stereocenters. The van der Waals surface area contributed by atoms with E-state index >= 15 is 0 Å². The van der Waals surface area contributed by atoms with E-state index in [-0.39, 0.29) is 47.3 Å². The fraction of sp³-hybridized carbons (Fsp3) is 0.341. The SMILES string of the molecule is Cc1ccc2[nH]c(C(=O)N3CCC(c4ccccc4C(F)(F)F)CC3)cc2n1.Cc1ccc2[nH]c(C(=O)N3CCC(c4ccccc4C(F)(F)F)CC3)cc2n1.O=C(c1cc2nc(-n3cccc3)ccc2[nH]1)N1CCC(c2ccccc2C(F)(F)F)CC1.O=C(c1cc2nc(N3CCCCC3)ccc2[nH]1)N1CCC(c2ccccc2C(F)(F)F)CC1. The summed E-state index contributed by atoms with van der Waals surface area (Å²) in [4.78, 5) is 91.5. The largest absolute Gasteiger partial charge is 0.416 e. The van der Waals surface area contributed by atoms with E-state index in [4.69, 9.17) is 4.98 Å². The van der Waals surface area contributed by atoms with E-state index in [1.807, 2.05) is 91.5 Å². The molecule has 4 amide bonds. The minimum atomic E-state index is -4.37. The number of aryl methyl sites for hydroxylation is 2. The van der Waals surface area contributed by atoms with E-state index in [2.05, 4.69) is 39.8 Å². The average molecular weight is 1670 g/mol. The summed E-state index contributed by atoms with van der Waals surface area (Å²) < 4.78 is 162. The van der Waals surface area contributed by atoms with Crippen LogP contribution >= 0.6 is 0 Å². The summed E-state index contributed by atoms with van der Waals surface area (Å²) in [7, 11) is 0. The van der Waals surface area contributed by atoms with Crippen molar-refractivity contribution in [2.45, 2.75) is 133 Å². The van der Waals surface area contributed by atoms with Crippen molar-refractivity contribution in [3.63, 3.8) is 0 Å². The van der Waals surface area contributed by atoms with Crippen LogP contribution < -0.4 is 4.90 Å². The smallest absolute Gasteiger partial charge is 0.357 e. The fourth-order valence-corrected chi connectivity index (χ4v) is 17.3. The first-order valence-electron chi connectivity index (χ1n) is 40.6. The number of fused-ring (bicyclic) bond motifs is 4. The van der Waals surface area contributed by atoms with Gasteiger partial charge in [-0.15, -0.1) is 0 Å². The summed E-state index contributed by atoms with van der Waals surface area (Å²) in [5, 5.41) is 0. The molecule has 5 aliphatic rings. The Hall–Kier alpha value is -12.2. The summed E-state index contributed by atoms with van der Waals surface area (Å²) in [6.45, 7) is 9.16. The molecule has 0 spiro atoms. The van der Waals surface area contributed by atoms with Crippen molar-refractivity contribution in [3.8, 4) is 5.82 Å². The lowest BCUT2D eigenvalue weighted by molar-refractivity contribution is -0.139. The number of pyridine rings is 4. The molecule has 18 nitrogen and oxygen atoms in total. The minimum absolute atomic E-state index is 0.130. The predicted octanol–water partition coefficient (Wildman–Crippen LogP) is 20.8. The third-order valence-corrected chi connectivity index (χ3v) is 23.6. The second kappa shape index (κ2) is 35.2. The number of hydrogen-bond acceptors (Lipinski definition) is 9. The van der Waals surface area contributed by atoms with E-state index < -0.39 is 47.0 Å². The zero-order valence-corrected chi connectivity index (χ0v) is 66.3. The Kier molecular flexibility index (Phi) is 24.4. The van der Waals surface area contributed by atoms with Gasteiger partial charge in [-0.25, -0.2) is 9.97 Å². The number of nitrogens with zero attached hydrogens (tertiary/aromatic N) is 10. The lowest BCUT2D eigenvalue weighted by Gasteiger charge is -2.33. The highest BCUT2D eigenvalue weighted by atomic mass is 19.4. The Labute approximate surface area is 688 Å². The summed E-state index contributed by atoms with van der Waals surface area (Å²) in [6, 6.07) is 49.0. The van der Waals surface area contributed by atoms with Gasteiger partial charge in [0.25, 0.3) is 23.6 Å². The maximum absolute atomic E-state index is 13.4. The molecular weight excluding hydrogens is 1580 g/mol. The maximum atomic E-state index is 13.4. The van der Waals surface area contributed by atoms with Crippen molar-refractivity contribution >= 4 is 73.6 Å². The van der Waals surface area contributed by atoms with Crippen LogP contribution in [0.2, 0.25) is 0 Å². The number of carbonyl (C=O) groups is 4. The Morgan fingerprint density at radius 3 is 0.851 bits per heavy atom. The highest BCUT2D eigenvalue weighted by Crippen LogP contribution is 2.44. The van der Waals surface area contributed by atoms with Gasteiger partial charge in [0, 0.05) is 89.2 Å². The number of rotatable bonds is 10. The zero-order chi connectivity index (χ0) is 85.1. The number of alkyl halides is 12. The van der Waals surface area contributed by atoms with Gasteiger partial charge >= 0.3 is 24.7 Å². The molecular formula is C91H88F12N14O4. The normalized spacial score (nSPS) is 16.4. The molecule has 9 aromatic heterocycles. The topological polar surface area (TPSA) is 204 Å². The van der Waals surface area contributed by atoms with Gasteiger partial charge in [-0.1, -0.05) is 72.8 Å². The Balaban J connectivity index is 0.000000126. The first-order chi connectivity index (χ1) is 57.9. The van der Waals surface area contributed by atoms with Crippen molar-refractivity contribution in [3.05, 3.63) is 273 Å². The summed E-state index contributed by atoms with van der Waals surface area (Å²) in [5.74, 6) is 0.296. The third kappa shape index (κ3) is 19.2. The molecule has 18 rings (SSSR count). The average Bonchev–Trinajstić information content (AvgIpc) is 1.66. The van der Waals surface area contributed by atoms with Crippen LogP contribution in [0, 0.1) is 13.8 Å². The standard InChI is InChI=1S/C25H27F3N4O.C24H21F3N4O.2C21H20F3N3O/c26-25(27,28)19-7-3-2-6-18(19)17-10-14-32(15-11-17)24(33)22-16-21-20(29-22)8-9-23(30-21)31-12-4-1-5-13-31;25-24(26,27)18-6-2-1-5-17(18)16-9-13-31(14-10-16)23(32)21-15-20-19(28-21)7-8-22(29-20)30-11-3-4-12-30;2*1-13-6-7-17-18(25-13)12-19(26-17)20(28)27-10-8-14(9-11-27)15-4-2-3-5-16(15)21(22,23)24/h2-3,6-9,16-17,29H,1,4-5,10-15H2;1-8,11-12,15-16,28H,9-10,13-14H2;2*2-7,12,14,26H,8-11H2,1H3. The van der Waals surface area contributed by atoms with E-state index in [1.54, 1.807) is 92.4 Å². The maximum Gasteiger partial charge on any atom is 0.416 e. The predicted molar refractivity (Wildman–Crippen MR) is 437 cm³/mol. The van der Waals surface area contributed by atoms with E-state index in [0.29, 0.717) is 154 Å². The number of H-pyrrole nitrogens is 4. The van der Waals surface area contributed by atoms with Crippen LogP contribution in [-0.2, 0) is 24.7 Å². The molecule has 0 bridgehead atoms. The molecule has 5 aliphatic heterocycles. The molecule has 0 saturated carbocycles. The molecule has 0 atom stereocenters. The van der Waals surface area contributed by atoms with Crippen molar-refractivity contribution < 1.29 is 71.9 Å². The van der Waals surface area contributed by atoms with Crippen molar-refractivity contribution in [2.75, 3.05) is 70.3 Å². The van der Waals surface area contributed by atoms with Crippen LogP contribution in [-0.4, -0.2) is 153 Å². The lowest BCUT2D eigenvalue weighted by Crippen LogP contribution is -2.38. The van der Waals surface area contributed by atoms with Crippen LogP contribution in [0.5, 0.6) is 0 Å². The molecule has 5 saturated heterocycles. The molecule has 630 valence electrons. The first kappa shape index (κ1) is 83.8. The number of aromatic nitrogens is 9. The van der Waals surface area contributed by atoms with Gasteiger partial charge in [0.05, 0.1) is 66.4 Å². The lowest BCUT2D eigenvalue weighted by atomic mass is 9.86. The zero-order valence-electron chi connectivity index (χ0n) is 66.3. The van der Waals surface area contributed by atoms with Crippen molar-refractivity contribution in [2.24, 2.45) is 0 Å². The van der Waals surface area contributed by atoms with Gasteiger partial charge in [0.1, 0.15) is 34.4 Å². The van der Waals surface area contributed by atoms with Crippen molar-refractivity contribution in [1.82, 2.24) is 64.0 Å². The van der Waals surface area contributed by atoms with Gasteiger partial charge in [-0.2, -0.15) is 52.7 Å². The number of anilines is 1. The van der Waals surface area contributed by atoms with Crippen LogP contribution in [0.25, 0.3) is 50.0 Å². The fourth-order valence-electron chi connectivity index (χ4n) is 17.3. The Morgan fingerprint density at radius 2 is 0.562 bits per heavy atom. The monoisotopic (exact) mass is 1670 g/mol. The molecule has 13 aromatic rings. The van der Waals surface area contributed by atoms with Crippen LogP contribution in [0.15, 0.2) is 194 Å². The molecule has 5 fully saturated rings. The molecule has 121 heavy (non-hydrogen) atoms. The number of nitrogens with one attached hydrogen (secondary N) is 4. The van der Waals surface area contributed by atoms with E-state index in [0.717, 1.165) is 99.0 Å². The number of amides is 4. The highest BCUT2D eigenvalue weighted by Gasteiger charge is 2.41. The van der Waals surface area contributed by atoms with Crippen LogP contribution in [0.4, 0.5) is 58.5 Å². The van der Waals surface area contributed by atoms with Gasteiger partial charge < -0.3 is 49.0 Å². The summed E-state index contributed by atoms with van der Waals surface area (Å²) in [5.41, 5.74) is 8.66. The number of carbonyl (C=O) groups excluding carboxylic acids is 4. The summed E-state index contributed by atoms with van der Waals surface area (Å²) in [6.07, 6.45) is -6.04. The third-order valence-electron chi connectivity index (χ3n) is 23.6. The molecule has 0 aliphatic carbocycles. The molecule has 4 aromatic carbocycles. The minimum Gasteiger partial charge on any atom is -0.357 e. The number of piperidine rings is 5. The second-order valence-electron chi connectivity index (χ2n) is 31.5.